The highest BCUT2D eigenvalue weighted by atomic mass is 16.1. The van der Waals surface area contributed by atoms with Gasteiger partial charge in [0.15, 0.2) is 0 Å². The lowest BCUT2D eigenvalue weighted by Crippen LogP contribution is -2.17. The van der Waals surface area contributed by atoms with Crippen LogP contribution in [0.1, 0.15) is 24.6 Å². The maximum atomic E-state index is 12.6. The van der Waals surface area contributed by atoms with Gasteiger partial charge < -0.3 is 14.9 Å². The van der Waals surface area contributed by atoms with E-state index < -0.39 is 0 Å². The molecule has 1 fully saturated rings. The molecule has 2 N–H and O–H groups in total. The van der Waals surface area contributed by atoms with Gasteiger partial charge in [0.05, 0.1) is 16.6 Å². The van der Waals surface area contributed by atoms with Crippen LogP contribution < -0.4 is 16.4 Å². The van der Waals surface area contributed by atoms with Crippen LogP contribution in [-0.4, -0.2) is 24.5 Å². The molecule has 0 unspecified atom stereocenters. The van der Waals surface area contributed by atoms with E-state index in [-0.39, 0.29) is 11.1 Å². The maximum Gasteiger partial charge on any atom is 0.258 e. The maximum absolute atomic E-state index is 12.6. The third-order valence-electron chi connectivity index (χ3n) is 6.21. The predicted molar refractivity (Wildman–Crippen MR) is 136 cm³/mol. The molecular formula is C27H22N6O2. The number of benzene rings is 2. The summed E-state index contributed by atoms with van der Waals surface area (Å²) in [7, 11) is 1.74. The van der Waals surface area contributed by atoms with Crippen molar-refractivity contribution in [1.82, 2.24) is 24.5 Å². The Kier molecular flexibility index (Phi) is 4.99. The molecular weight excluding hydrogens is 440 g/mol. The van der Waals surface area contributed by atoms with Gasteiger partial charge in [-0.05, 0) is 60.9 Å². The number of hydrogen-bond donors (Lipinski definition) is 2. The number of aryl methyl sites for hydroxylation is 1. The van der Waals surface area contributed by atoms with Crippen LogP contribution in [0.4, 0.5) is 11.6 Å². The SMILES string of the molecule is Cn1cccc(-c2ccc(Nc3nccc(-c4ccc5nc(C6CC6)[nH]c(=O)c5c4)n3)cc2)c1=O. The lowest BCUT2D eigenvalue weighted by molar-refractivity contribution is 0.863. The lowest BCUT2D eigenvalue weighted by Gasteiger charge is -2.09. The Bertz CT molecular complexity index is 1680. The van der Waals surface area contributed by atoms with E-state index in [0.717, 1.165) is 35.5 Å². The van der Waals surface area contributed by atoms with Crippen molar-refractivity contribution >= 4 is 22.5 Å². The number of anilines is 2. The van der Waals surface area contributed by atoms with E-state index in [0.29, 0.717) is 34.0 Å². The van der Waals surface area contributed by atoms with Crippen LogP contribution in [0.3, 0.4) is 0 Å². The molecule has 6 rings (SSSR count). The Labute approximate surface area is 200 Å². The van der Waals surface area contributed by atoms with Crippen molar-refractivity contribution in [3.8, 4) is 22.4 Å². The second-order valence-electron chi connectivity index (χ2n) is 8.76. The molecule has 0 spiro atoms. The number of nitrogens with one attached hydrogen (secondary N) is 2. The minimum absolute atomic E-state index is 0.0440. The Hall–Kier alpha value is -4.59. The summed E-state index contributed by atoms with van der Waals surface area (Å²) in [6.07, 6.45) is 5.57. The van der Waals surface area contributed by atoms with E-state index in [4.69, 9.17) is 0 Å². The molecule has 0 radical (unpaired) electrons. The largest absolute Gasteiger partial charge is 0.324 e. The van der Waals surface area contributed by atoms with Gasteiger partial charge in [0, 0.05) is 42.2 Å². The van der Waals surface area contributed by atoms with Crippen LogP contribution in [0.15, 0.2) is 82.6 Å². The van der Waals surface area contributed by atoms with Crippen LogP contribution >= 0.6 is 0 Å². The highest BCUT2D eigenvalue weighted by Gasteiger charge is 2.26. The first-order valence-electron chi connectivity index (χ1n) is 11.5. The molecule has 8 nitrogen and oxygen atoms in total. The third-order valence-corrected chi connectivity index (χ3v) is 6.21. The molecule has 2 aromatic carbocycles. The van der Waals surface area contributed by atoms with Crippen LogP contribution in [0, 0.1) is 0 Å². The van der Waals surface area contributed by atoms with Crippen molar-refractivity contribution in [2.75, 3.05) is 5.32 Å². The molecule has 1 aliphatic rings. The number of H-pyrrole nitrogens is 1. The minimum atomic E-state index is -0.125. The van der Waals surface area contributed by atoms with Gasteiger partial charge in [0.1, 0.15) is 5.82 Å². The number of pyridine rings is 1. The van der Waals surface area contributed by atoms with E-state index in [2.05, 4.69) is 25.3 Å². The number of fused-ring (bicyclic) bond motifs is 1. The highest BCUT2D eigenvalue weighted by molar-refractivity contribution is 5.83. The van der Waals surface area contributed by atoms with E-state index in [1.165, 1.54) is 0 Å². The van der Waals surface area contributed by atoms with Gasteiger partial charge in [-0.3, -0.25) is 9.59 Å². The first-order chi connectivity index (χ1) is 17.0. The number of hydrogen-bond acceptors (Lipinski definition) is 6. The van der Waals surface area contributed by atoms with Gasteiger partial charge in [-0.15, -0.1) is 0 Å². The van der Waals surface area contributed by atoms with Crippen LogP contribution in [0.5, 0.6) is 0 Å². The Morgan fingerprint density at radius 2 is 1.77 bits per heavy atom. The minimum Gasteiger partial charge on any atom is -0.324 e. The summed E-state index contributed by atoms with van der Waals surface area (Å²) in [5, 5.41) is 3.75. The predicted octanol–water partition coefficient (Wildman–Crippen LogP) is 4.37. The van der Waals surface area contributed by atoms with E-state index in [9.17, 15) is 9.59 Å². The smallest absolute Gasteiger partial charge is 0.258 e. The molecule has 1 saturated carbocycles. The van der Waals surface area contributed by atoms with Crippen molar-refractivity contribution in [2.45, 2.75) is 18.8 Å². The van der Waals surface area contributed by atoms with Crippen molar-refractivity contribution in [3.63, 3.8) is 0 Å². The van der Waals surface area contributed by atoms with Gasteiger partial charge in [0.2, 0.25) is 5.95 Å². The molecule has 0 atom stereocenters. The standard InChI is InChI=1S/C27H22N6O2/c1-33-14-2-3-20(26(33)35)16-6-9-19(10-7-16)29-27-28-13-12-22(31-27)18-8-11-23-21(15-18)25(34)32-24(30-23)17-4-5-17/h2-3,6-15,17H,4-5H2,1H3,(H,28,29,31)(H,30,32,34). The zero-order chi connectivity index (χ0) is 23.9. The molecule has 3 heterocycles. The first kappa shape index (κ1) is 21.0. The topological polar surface area (TPSA) is 106 Å². The van der Waals surface area contributed by atoms with Gasteiger partial charge in [-0.2, -0.15) is 0 Å². The van der Waals surface area contributed by atoms with Gasteiger partial charge in [-0.25, -0.2) is 15.0 Å². The van der Waals surface area contributed by atoms with Crippen LogP contribution in [0.25, 0.3) is 33.3 Å². The summed E-state index contributed by atoms with van der Waals surface area (Å²) in [4.78, 5) is 41.5. The zero-order valence-electron chi connectivity index (χ0n) is 19.0. The second-order valence-corrected chi connectivity index (χ2v) is 8.76. The second kappa shape index (κ2) is 8.32. The van der Waals surface area contributed by atoms with E-state index in [1.807, 2.05) is 54.6 Å². The number of rotatable bonds is 5. The molecule has 0 saturated heterocycles. The number of aromatic amines is 1. The van der Waals surface area contributed by atoms with Crippen molar-refractivity contribution in [3.05, 3.63) is 99.6 Å². The molecule has 0 amide bonds. The molecule has 1 aliphatic carbocycles. The van der Waals surface area contributed by atoms with Crippen molar-refractivity contribution < 1.29 is 0 Å². The number of aromatic nitrogens is 5. The third kappa shape index (κ3) is 4.10. The average Bonchev–Trinajstić information content (AvgIpc) is 3.72. The quantitative estimate of drug-likeness (QED) is 0.402. The lowest BCUT2D eigenvalue weighted by atomic mass is 10.1. The molecule has 0 aliphatic heterocycles. The molecule has 172 valence electrons. The van der Waals surface area contributed by atoms with Gasteiger partial charge in [-0.1, -0.05) is 18.2 Å². The van der Waals surface area contributed by atoms with E-state index in [1.54, 1.807) is 30.1 Å². The monoisotopic (exact) mass is 462 g/mol. The zero-order valence-corrected chi connectivity index (χ0v) is 19.0. The summed E-state index contributed by atoms with van der Waals surface area (Å²) in [6, 6.07) is 18.6. The van der Waals surface area contributed by atoms with Gasteiger partial charge >= 0.3 is 0 Å². The fourth-order valence-corrected chi connectivity index (χ4v) is 4.13. The summed E-state index contributed by atoms with van der Waals surface area (Å²) < 4.78 is 1.56. The normalized spacial score (nSPS) is 13.2. The summed E-state index contributed by atoms with van der Waals surface area (Å²) in [5.74, 6) is 1.60. The van der Waals surface area contributed by atoms with Gasteiger partial charge in [0.25, 0.3) is 11.1 Å². The fourth-order valence-electron chi connectivity index (χ4n) is 4.13. The Morgan fingerprint density at radius 1 is 0.971 bits per heavy atom. The highest BCUT2D eigenvalue weighted by Crippen LogP contribution is 2.38. The summed E-state index contributed by atoms with van der Waals surface area (Å²) in [5.41, 5.74) is 4.31. The summed E-state index contributed by atoms with van der Waals surface area (Å²) >= 11 is 0. The van der Waals surface area contributed by atoms with Crippen molar-refractivity contribution in [1.29, 1.82) is 0 Å². The van der Waals surface area contributed by atoms with E-state index >= 15 is 0 Å². The van der Waals surface area contributed by atoms with Crippen molar-refractivity contribution in [2.24, 2.45) is 7.05 Å². The Balaban J connectivity index is 1.26. The summed E-state index contributed by atoms with van der Waals surface area (Å²) in [6.45, 7) is 0. The fraction of sp³-hybridized carbons (Fsp3) is 0.148. The van der Waals surface area contributed by atoms with Crippen LogP contribution in [0.2, 0.25) is 0 Å². The molecule has 0 bridgehead atoms. The molecule has 8 heteroatoms. The molecule has 3 aromatic heterocycles. The average molecular weight is 463 g/mol. The first-order valence-corrected chi connectivity index (χ1v) is 11.5. The number of nitrogens with zero attached hydrogens (tertiary/aromatic N) is 4. The van der Waals surface area contributed by atoms with Crippen LogP contribution in [-0.2, 0) is 7.05 Å². The molecule has 5 aromatic rings. The Morgan fingerprint density at radius 3 is 2.57 bits per heavy atom. The molecule has 35 heavy (non-hydrogen) atoms.